The van der Waals surface area contributed by atoms with Crippen molar-refractivity contribution in [3.8, 4) is 0 Å². The highest BCUT2D eigenvalue weighted by molar-refractivity contribution is 7.89. The first-order valence-electron chi connectivity index (χ1n) is 9.76. The number of nitrogens with one attached hydrogen (secondary N) is 1. The minimum absolute atomic E-state index is 0.0187. The van der Waals surface area contributed by atoms with Crippen LogP contribution in [0.3, 0.4) is 0 Å². The van der Waals surface area contributed by atoms with Gasteiger partial charge in [0, 0.05) is 32.2 Å². The molecule has 7 heteroatoms. The van der Waals surface area contributed by atoms with Gasteiger partial charge >= 0.3 is 0 Å². The molecule has 150 valence electrons. The fourth-order valence-corrected chi connectivity index (χ4v) is 6.11. The van der Waals surface area contributed by atoms with Crippen LogP contribution in [0.1, 0.15) is 42.4 Å². The van der Waals surface area contributed by atoms with E-state index in [9.17, 15) is 13.2 Å². The molecule has 1 N–H and O–H groups in total. The number of benzene rings is 1. The Bertz CT molecular complexity index is 769. The Morgan fingerprint density at radius 2 is 1.78 bits per heavy atom. The normalized spacial score (nSPS) is 22.1. The Morgan fingerprint density at radius 3 is 2.33 bits per heavy atom. The van der Waals surface area contributed by atoms with Gasteiger partial charge in [0.15, 0.2) is 0 Å². The molecule has 0 unspecified atom stereocenters. The number of nitrogens with zero attached hydrogens (tertiary/aromatic N) is 1. The van der Waals surface area contributed by atoms with Crippen molar-refractivity contribution >= 4 is 15.9 Å². The average molecular weight is 395 g/mol. The van der Waals surface area contributed by atoms with E-state index >= 15 is 0 Å². The molecule has 6 nitrogen and oxygen atoms in total. The van der Waals surface area contributed by atoms with E-state index in [2.05, 4.69) is 5.32 Å². The number of hydrogen-bond donors (Lipinski definition) is 1. The topological polar surface area (TPSA) is 75.7 Å². The van der Waals surface area contributed by atoms with Crippen LogP contribution in [0.5, 0.6) is 0 Å². The summed E-state index contributed by atoms with van der Waals surface area (Å²) in [5, 5.41) is 2.97. The van der Waals surface area contributed by atoms with Crippen LogP contribution in [-0.2, 0) is 19.6 Å². The van der Waals surface area contributed by atoms with Crippen molar-refractivity contribution in [3.05, 3.63) is 28.8 Å². The van der Waals surface area contributed by atoms with Crippen molar-refractivity contribution in [2.45, 2.75) is 57.5 Å². The average Bonchev–Trinajstić information content (AvgIpc) is 3.12. The van der Waals surface area contributed by atoms with Gasteiger partial charge < -0.3 is 10.1 Å². The first-order valence-corrected chi connectivity index (χ1v) is 11.2. The van der Waals surface area contributed by atoms with Crippen molar-refractivity contribution in [1.82, 2.24) is 9.62 Å². The van der Waals surface area contributed by atoms with Gasteiger partial charge in [0.05, 0.1) is 11.0 Å². The number of rotatable bonds is 5. The first kappa shape index (κ1) is 20.3. The summed E-state index contributed by atoms with van der Waals surface area (Å²) in [6.45, 7) is 7.75. The number of sulfonamides is 1. The van der Waals surface area contributed by atoms with Crippen LogP contribution in [0.2, 0.25) is 0 Å². The predicted octanol–water partition coefficient (Wildman–Crippen LogP) is 2.31. The molecule has 2 fully saturated rings. The highest BCUT2D eigenvalue weighted by atomic mass is 32.2. The zero-order valence-corrected chi connectivity index (χ0v) is 17.3. The summed E-state index contributed by atoms with van der Waals surface area (Å²) in [5.41, 5.74) is 2.62. The molecule has 1 amide bonds. The molecule has 2 aliphatic rings. The van der Waals surface area contributed by atoms with Crippen LogP contribution in [0.15, 0.2) is 17.0 Å². The number of carbonyl (C=O) groups excluding carboxylic acids is 1. The second-order valence-electron chi connectivity index (χ2n) is 7.79. The minimum atomic E-state index is -3.53. The van der Waals surface area contributed by atoms with Gasteiger partial charge in [-0.15, -0.1) is 0 Å². The SMILES string of the molecule is Cc1cc(C)c(S(=O)(=O)N2CCC(C(=O)NC[C@@H]3CCCO3)CC2)c(C)c1. The first-order chi connectivity index (χ1) is 12.8. The molecule has 2 aliphatic heterocycles. The van der Waals surface area contributed by atoms with E-state index in [1.807, 2.05) is 32.9 Å². The van der Waals surface area contributed by atoms with Gasteiger partial charge in [0.25, 0.3) is 0 Å². The Hall–Kier alpha value is -1.44. The maximum atomic E-state index is 13.1. The molecule has 2 heterocycles. The van der Waals surface area contributed by atoms with Crippen molar-refractivity contribution in [2.24, 2.45) is 5.92 Å². The van der Waals surface area contributed by atoms with E-state index in [1.54, 1.807) is 0 Å². The van der Waals surface area contributed by atoms with E-state index in [-0.39, 0.29) is 17.9 Å². The highest BCUT2D eigenvalue weighted by Gasteiger charge is 2.33. The summed E-state index contributed by atoms with van der Waals surface area (Å²) in [6, 6.07) is 3.82. The smallest absolute Gasteiger partial charge is 0.243 e. The van der Waals surface area contributed by atoms with Crippen LogP contribution in [-0.4, -0.2) is 51.0 Å². The molecule has 3 rings (SSSR count). The van der Waals surface area contributed by atoms with Gasteiger partial charge in [0.2, 0.25) is 15.9 Å². The van der Waals surface area contributed by atoms with E-state index < -0.39 is 10.0 Å². The second kappa shape index (κ2) is 8.29. The fraction of sp³-hybridized carbons (Fsp3) is 0.650. The molecule has 1 aromatic rings. The summed E-state index contributed by atoms with van der Waals surface area (Å²) >= 11 is 0. The highest BCUT2D eigenvalue weighted by Crippen LogP contribution is 2.28. The molecule has 1 aromatic carbocycles. The van der Waals surface area contributed by atoms with Gasteiger partial charge in [-0.1, -0.05) is 17.7 Å². The van der Waals surface area contributed by atoms with Gasteiger partial charge in [-0.2, -0.15) is 4.31 Å². The number of piperidine rings is 1. The molecule has 2 saturated heterocycles. The lowest BCUT2D eigenvalue weighted by molar-refractivity contribution is -0.126. The predicted molar refractivity (Wildman–Crippen MR) is 104 cm³/mol. The van der Waals surface area contributed by atoms with E-state index in [1.165, 1.54) is 4.31 Å². The maximum Gasteiger partial charge on any atom is 0.243 e. The Labute approximate surface area is 162 Å². The number of amides is 1. The minimum Gasteiger partial charge on any atom is -0.376 e. The lowest BCUT2D eigenvalue weighted by Crippen LogP contribution is -2.44. The van der Waals surface area contributed by atoms with Crippen molar-refractivity contribution in [2.75, 3.05) is 26.2 Å². The zero-order chi connectivity index (χ0) is 19.6. The molecule has 27 heavy (non-hydrogen) atoms. The molecule has 0 bridgehead atoms. The third-order valence-electron chi connectivity index (χ3n) is 5.56. The summed E-state index contributed by atoms with van der Waals surface area (Å²) in [7, 11) is -3.53. The van der Waals surface area contributed by atoms with Crippen LogP contribution in [0.4, 0.5) is 0 Å². The summed E-state index contributed by atoms with van der Waals surface area (Å²) < 4.78 is 33.3. The van der Waals surface area contributed by atoms with Crippen LogP contribution >= 0.6 is 0 Å². The summed E-state index contributed by atoms with van der Waals surface area (Å²) in [6.07, 6.45) is 3.28. The van der Waals surface area contributed by atoms with Crippen LogP contribution < -0.4 is 5.32 Å². The van der Waals surface area contributed by atoms with Crippen molar-refractivity contribution < 1.29 is 17.9 Å². The van der Waals surface area contributed by atoms with Crippen LogP contribution in [0, 0.1) is 26.7 Å². The molecule has 0 aromatic heterocycles. The summed E-state index contributed by atoms with van der Waals surface area (Å²) in [4.78, 5) is 12.8. The molecular weight excluding hydrogens is 364 g/mol. The fourth-order valence-electron chi connectivity index (χ4n) is 4.23. The number of ether oxygens (including phenoxy) is 1. The van der Waals surface area contributed by atoms with Crippen molar-refractivity contribution in [3.63, 3.8) is 0 Å². The van der Waals surface area contributed by atoms with Crippen molar-refractivity contribution in [1.29, 1.82) is 0 Å². The molecule has 1 atom stereocenters. The Balaban J connectivity index is 1.60. The number of aryl methyl sites for hydroxylation is 3. The Morgan fingerprint density at radius 1 is 1.15 bits per heavy atom. The monoisotopic (exact) mass is 394 g/mol. The van der Waals surface area contributed by atoms with E-state index in [0.29, 0.717) is 37.4 Å². The lowest BCUT2D eigenvalue weighted by atomic mass is 9.97. The van der Waals surface area contributed by atoms with Crippen LogP contribution in [0.25, 0.3) is 0 Å². The largest absolute Gasteiger partial charge is 0.376 e. The zero-order valence-electron chi connectivity index (χ0n) is 16.5. The molecular formula is C20H30N2O4S. The molecule has 0 spiro atoms. The van der Waals surface area contributed by atoms with Gasteiger partial charge in [-0.25, -0.2) is 8.42 Å². The van der Waals surface area contributed by atoms with Gasteiger partial charge in [0.1, 0.15) is 0 Å². The van der Waals surface area contributed by atoms with Gasteiger partial charge in [-0.05, 0) is 57.6 Å². The van der Waals surface area contributed by atoms with E-state index in [0.717, 1.165) is 36.1 Å². The maximum absolute atomic E-state index is 13.1. The molecule has 0 saturated carbocycles. The third-order valence-corrected chi connectivity index (χ3v) is 7.76. The quantitative estimate of drug-likeness (QED) is 0.832. The standard InChI is InChI=1S/C20H30N2O4S/c1-14-11-15(2)19(16(3)12-14)27(24,25)22-8-6-17(7-9-22)20(23)21-13-18-5-4-10-26-18/h11-12,17-18H,4-10,13H2,1-3H3,(H,21,23)/t18-/m0/s1. The molecule has 0 radical (unpaired) electrons. The Kier molecular flexibility index (Phi) is 6.23. The van der Waals surface area contributed by atoms with E-state index in [4.69, 9.17) is 4.74 Å². The second-order valence-corrected chi connectivity index (χ2v) is 9.66. The lowest BCUT2D eigenvalue weighted by Gasteiger charge is -2.31. The summed E-state index contributed by atoms with van der Waals surface area (Å²) in [5.74, 6) is -0.108. The number of carbonyl (C=O) groups is 1. The third kappa shape index (κ3) is 4.52. The number of hydrogen-bond acceptors (Lipinski definition) is 4. The van der Waals surface area contributed by atoms with Gasteiger partial charge in [-0.3, -0.25) is 4.79 Å². The molecule has 0 aliphatic carbocycles.